The molecule has 2 N–H and O–H groups in total. The first-order valence-corrected chi connectivity index (χ1v) is 5.27. The van der Waals surface area contributed by atoms with Gasteiger partial charge in [-0.3, -0.25) is 9.89 Å². The predicted octanol–water partition coefficient (Wildman–Crippen LogP) is 0.345. The predicted molar refractivity (Wildman–Crippen MR) is 51.3 cm³/mol. The first-order valence-electron chi connectivity index (χ1n) is 3.87. The molecule has 1 atom stereocenters. The van der Waals surface area contributed by atoms with Crippen molar-refractivity contribution in [2.75, 3.05) is 12.0 Å². The van der Waals surface area contributed by atoms with Crippen LogP contribution in [-0.4, -0.2) is 33.1 Å². The molecule has 1 aromatic rings. The van der Waals surface area contributed by atoms with Crippen molar-refractivity contribution in [3.05, 3.63) is 12.2 Å². The molecule has 1 amide bonds. The number of aromatic nitrogens is 3. The molecule has 0 saturated heterocycles. The Morgan fingerprint density at radius 2 is 2.62 bits per heavy atom. The van der Waals surface area contributed by atoms with Gasteiger partial charge >= 0.3 is 0 Å². The Hall–Kier alpha value is -1.04. The lowest BCUT2D eigenvalue weighted by Gasteiger charge is -2.09. The van der Waals surface area contributed by atoms with Crippen LogP contribution < -0.4 is 5.32 Å². The van der Waals surface area contributed by atoms with Gasteiger partial charge in [0, 0.05) is 0 Å². The number of H-pyrrole nitrogens is 1. The minimum absolute atomic E-state index is 0.0106. The third-order valence-electron chi connectivity index (χ3n) is 1.50. The summed E-state index contributed by atoms with van der Waals surface area (Å²) < 4.78 is 0. The molecule has 0 fully saturated rings. The highest BCUT2D eigenvalue weighted by atomic mass is 32.2. The molecule has 1 rings (SSSR count). The summed E-state index contributed by atoms with van der Waals surface area (Å²) in [6.07, 6.45) is 3.31. The molecule has 0 aliphatic rings. The molecule has 1 aromatic heterocycles. The van der Waals surface area contributed by atoms with Crippen LogP contribution in [0, 0.1) is 0 Å². The van der Waals surface area contributed by atoms with Crippen molar-refractivity contribution in [1.82, 2.24) is 20.5 Å². The minimum Gasteiger partial charge on any atom is -0.346 e. The second-order valence-corrected chi connectivity index (χ2v) is 3.46. The van der Waals surface area contributed by atoms with Crippen molar-refractivity contribution in [2.45, 2.75) is 13.0 Å². The number of nitrogens with zero attached hydrogens (tertiary/aromatic N) is 2. The lowest BCUT2D eigenvalue weighted by Crippen LogP contribution is -2.28. The van der Waals surface area contributed by atoms with Crippen LogP contribution in [0.1, 0.15) is 18.8 Å². The van der Waals surface area contributed by atoms with Crippen molar-refractivity contribution in [3.63, 3.8) is 0 Å². The van der Waals surface area contributed by atoms with E-state index in [2.05, 4.69) is 20.5 Å². The fourth-order valence-electron chi connectivity index (χ4n) is 0.906. The van der Waals surface area contributed by atoms with Crippen LogP contribution >= 0.6 is 11.8 Å². The molecule has 0 radical (unpaired) electrons. The largest absolute Gasteiger partial charge is 0.346 e. The number of hydrogen-bond donors (Lipinski definition) is 2. The molecule has 0 aliphatic heterocycles. The Kier molecular flexibility index (Phi) is 3.75. The highest BCUT2D eigenvalue weighted by molar-refractivity contribution is 7.99. The molecule has 0 spiro atoms. The van der Waals surface area contributed by atoms with E-state index in [9.17, 15) is 4.79 Å². The summed E-state index contributed by atoms with van der Waals surface area (Å²) >= 11 is 1.49. The molecular formula is C7H12N4OS. The van der Waals surface area contributed by atoms with Crippen LogP contribution in [-0.2, 0) is 4.79 Å². The van der Waals surface area contributed by atoms with Gasteiger partial charge in [-0.25, -0.2) is 4.98 Å². The van der Waals surface area contributed by atoms with E-state index in [0.29, 0.717) is 11.6 Å². The Bertz CT molecular complexity index is 261. The van der Waals surface area contributed by atoms with Crippen LogP contribution in [0.3, 0.4) is 0 Å². The van der Waals surface area contributed by atoms with Gasteiger partial charge in [0.25, 0.3) is 0 Å². The van der Waals surface area contributed by atoms with Gasteiger partial charge in [-0.2, -0.15) is 16.9 Å². The summed E-state index contributed by atoms with van der Waals surface area (Å²) in [6, 6.07) is -0.109. The minimum atomic E-state index is -0.109. The number of carbonyl (C=O) groups excluding carboxylic acids is 1. The van der Waals surface area contributed by atoms with Gasteiger partial charge in [0.1, 0.15) is 12.2 Å². The first-order chi connectivity index (χ1) is 6.24. The Labute approximate surface area is 80.7 Å². The smallest absolute Gasteiger partial charge is 0.230 e. The third-order valence-corrected chi connectivity index (χ3v) is 2.05. The first kappa shape index (κ1) is 10.0. The average molecular weight is 200 g/mol. The topological polar surface area (TPSA) is 70.7 Å². The zero-order chi connectivity index (χ0) is 9.68. The molecule has 1 unspecified atom stereocenters. The molecule has 0 aromatic carbocycles. The van der Waals surface area contributed by atoms with Crippen molar-refractivity contribution in [2.24, 2.45) is 0 Å². The van der Waals surface area contributed by atoms with Gasteiger partial charge in [0.15, 0.2) is 0 Å². The van der Waals surface area contributed by atoms with Gasteiger partial charge in [-0.1, -0.05) is 0 Å². The van der Waals surface area contributed by atoms with Crippen molar-refractivity contribution >= 4 is 17.7 Å². The van der Waals surface area contributed by atoms with Crippen molar-refractivity contribution < 1.29 is 4.79 Å². The maximum Gasteiger partial charge on any atom is 0.230 e. The summed E-state index contributed by atoms with van der Waals surface area (Å²) in [4.78, 5) is 15.1. The van der Waals surface area contributed by atoms with E-state index in [0.717, 1.165) is 0 Å². The van der Waals surface area contributed by atoms with Crippen molar-refractivity contribution in [3.8, 4) is 0 Å². The van der Waals surface area contributed by atoms with E-state index in [1.54, 1.807) is 0 Å². The quantitative estimate of drug-likeness (QED) is 0.735. The zero-order valence-corrected chi connectivity index (χ0v) is 8.39. The van der Waals surface area contributed by atoms with Crippen LogP contribution in [0.2, 0.25) is 0 Å². The third kappa shape index (κ3) is 3.06. The highest BCUT2D eigenvalue weighted by Gasteiger charge is 2.10. The van der Waals surface area contributed by atoms with E-state index in [4.69, 9.17) is 0 Å². The van der Waals surface area contributed by atoms with Gasteiger partial charge in [0.2, 0.25) is 5.91 Å². The Balaban J connectivity index is 2.42. The zero-order valence-electron chi connectivity index (χ0n) is 7.57. The molecule has 0 saturated carbocycles. The molecule has 1 heterocycles. The second kappa shape index (κ2) is 4.86. The number of rotatable bonds is 4. The maximum absolute atomic E-state index is 11.2. The monoisotopic (exact) mass is 200 g/mol. The van der Waals surface area contributed by atoms with Crippen LogP contribution in [0.4, 0.5) is 0 Å². The van der Waals surface area contributed by atoms with E-state index in [-0.39, 0.29) is 11.9 Å². The lowest BCUT2D eigenvalue weighted by atomic mass is 10.3. The molecule has 0 bridgehead atoms. The number of nitrogens with one attached hydrogen (secondary N) is 2. The van der Waals surface area contributed by atoms with E-state index in [1.165, 1.54) is 18.1 Å². The second-order valence-electron chi connectivity index (χ2n) is 2.59. The standard InChI is InChI=1S/C7H12N4OS/c1-5(7-8-4-9-11-7)10-6(12)3-13-2/h4-5H,3H2,1-2H3,(H,10,12)(H,8,9,11). The number of aromatic amines is 1. The lowest BCUT2D eigenvalue weighted by molar-refractivity contribution is -0.119. The molecule has 5 nitrogen and oxygen atoms in total. The van der Waals surface area contributed by atoms with Gasteiger partial charge in [-0.15, -0.1) is 0 Å². The summed E-state index contributed by atoms with van der Waals surface area (Å²) in [5, 5.41) is 9.20. The summed E-state index contributed by atoms with van der Waals surface area (Å²) in [5.74, 6) is 1.16. The summed E-state index contributed by atoms with van der Waals surface area (Å²) in [7, 11) is 0. The van der Waals surface area contributed by atoms with Crippen LogP contribution in [0.5, 0.6) is 0 Å². The molecule has 0 aliphatic carbocycles. The van der Waals surface area contributed by atoms with Crippen molar-refractivity contribution in [1.29, 1.82) is 0 Å². The summed E-state index contributed by atoms with van der Waals surface area (Å²) in [5.41, 5.74) is 0. The van der Waals surface area contributed by atoms with Crippen LogP contribution in [0.25, 0.3) is 0 Å². The maximum atomic E-state index is 11.2. The number of amides is 1. The fourth-order valence-corrected chi connectivity index (χ4v) is 1.25. The molecule has 13 heavy (non-hydrogen) atoms. The van der Waals surface area contributed by atoms with Gasteiger partial charge < -0.3 is 5.32 Å². The number of carbonyl (C=O) groups is 1. The average Bonchev–Trinajstić information content (AvgIpc) is 2.55. The van der Waals surface area contributed by atoms with Crippen LogP contribution in [0.15, 0.2) is 6.33 Å². The Morgan fingerprint density at radius 3 is 3.15 bits per heavy atom. The highest BCUT2D eigenvalue weighted by Crippen LogP contribution is 2.04. The van der Waals surface area contributed by atoms with E-state index >= 15 is 0 Å². The number of hydrogen-bond acceptors (Lipinski definition) is 4. The molecular weight excluding hydrogens is 188 g/mol. The van der Waals surface area contributed by atoms with E-state index in [1.807, 2.05) is 13.2 Å². The SMILES string of the molecule is CSCC(=O)NC(C)c1ncn[nH]1. The number of thioether (sulfide) groups is 1. The van der Waals surface area contributed by atoms with E-state index < -0.39 is 0 Å². The summed E-state index contributed by atoms with van der Waals surface area (Å²) in [6.45, 7) is 1.86. The molecule has 72 valence electrons. The molecule has 6 heteroatoms. The van der Waals surface area contributed by atoms with Gasteiger partial charge in [0.05, 0.1) is 11.8 Å². The fraction of sp³-hybridized carbons (Fsp3) is 0.571. The van der Waals surface area contributed by atoms with Gasteiger partial charge in [-0.05, 0) is 13.2 Å². The normalized spacial score (nSPS) is 12.5. The Morgan fingerprint density at radius 1 is 1.85 bits per heavy atom.